The molecule has 1 atom stereocenters. The highest BCUT2D eigenvalue weighted by Crippen LogP contribution is 2.44. The summed E-state index contributed by atoms with van der Waals surface area (Å²) in [6, 6.07) is 2.22. The van der Waals surface area contributed by atoms with Gasteiger partial charge in [-0.3, -0.25) is 0 Å². The van der Waals surface area contributed by atoms with Crippen LogP contribution in [0.15, 0.2) is 16.8 Å². The predicted molar refractivity (Wildman–Crippen MR) is 67.2 cm³/mol. The lowest BCUT2D eigenvalue weighted by molar-refractivity contribution is 0.324. The molecule has 0 aromatic carbocycles. The van der Waals surface area contributed by atoms with E-state index >= 15 is 0 Å². The minimum atomic E-state index is 0.103. The Bertz CT molecular complexity index is 315. The molecule has 2 heteroatoms. The molecule has 0 saturated heterocycles. The zero-order valence-electron chi connectivity index (χ0n) is 9.75. The van der Waals surface area contributed by atoms with Crippen molar-refractivity contribution < 1.29 is 0 Å². The fourth-order valence-electron chi connectivity index (χ4n) is 2.76. The van der Waals surface area contributed by atoms with Crippen LogP contribution in [0.25, 0.3) is 0 Å². The van der Waals surface area contributed by atoms with Crippen LogP contribution >= 0.6 is 11.3 Å². The van der Waals surface area contributed by atoms with Gasteiger partial charge in [0.15, 0.2) is 0 Å². The molecule has 84 valence electrons. The summed E-state index contributed by atoms with van der Waals surface area (Å²) >= 11 is 1.78. The molecule has 2 rings (SSSR count). The van der Waals surface area contributed by atoms with Crippen molar-refractivity contribution in [2.24, 2.45) is 11.1 Å². The van der Waals surface area contributed by atoms with Crippen molar-refractivity contribution >= 4 is 11.3 Å². The van der Waals surface area contributed by atoms with Gasteiger partial charge in [0.25, 0.3) is 0 Å². The van der Waals surface area contributed by atoms with Gasteiger partial charge in [0.2, 0.25) is 0 Å². The lowest BCUT2D eigenvalue weighted by atomic mass is 9.85. The Labute approximate surface area is 96.7 Å². The van der Waals surface area contributed by atoms with Crippen molar-refractivity contribution in [1.29, 1.82) is 0 Å². The largest absolute Gasteiger partial charge is 0.325 e. The van der Waals surface area contributed by atoms with Gasteiger partial charge in [-0.2, -0.15) is 11.3 Å². The molecular weight excluding hydrogens is 202 g/mol. The van der Waals surface area contributed by atoms with Crippen molar-refractivity contribution in [3.8, 4) is 0 Å². The average Bonchev–Trinajstić information content (AvgIpc) is 2.71. The minimum absolute atomic E-state index is 0.103. The summed E-state index contributed by atoms with van der Waals surface area (Å²) in [4.78, 5) is 0. The fourth-order valence-corrected chi connectivity index (χ4v) is 3.46. The molecule has 1 unspecified atom stereocenters. The topological polar surface area (TPSA) is 26.0 Å². The summed E-state index contributed by atoms with van der Waals surface area (Å²) in [5.41, 5.74) is 8.47. The molecule has 0 bridgehead atoms. The summed E-state index contributed by atoms with van der Waals surface area (Å²) in [6.07, 6.45) is 5.96. The summed E-state index contributed by atoms with van der Waals surface area (Å²) in [6.45, 7) is 4.68. The molecule has 1 aliphatic rings. The summed E-state index contributed by atoms with van der Waals surface area (Å²) < 4.78 is 0. The van der Waals surface area contributed by atoms with E-state index in [9.17, 15) is 0 Å². The van der Waals surface area contributed by atoms with Crippen LogP contribution in [0.2, 0.25) is 0 Å². The predicted octanol–water partition coefficient (Wildman–Crippen LogP) is 3.59. The second-order valence-electron chi connectivity index (χ2n) is 5.83. The van der Waals surface area contributed by atoms with Gasteiger partial charge in [-0.15, -0.1) is 0 Å². The van der Waals surface area contributed by atoms with Gasteiger partial charge in [-0.25, -0.2) is 0 Å². The second-order valence-corrected chi connectivity index (χ2v) is 6.61. The Morgan fingerprint density at radius 3 is 2.73 bits per heavy atom. The van der Waals surface area contributed by atoms with E-state index in [0.717, 1.165) is 12.8 Å². The number of hydrogen-bond donors (Lipinski definition) is 1. The Morgan fingerprint density at radius 2 is 2.20 bits per heavy atom. The highest BCUT2D eigenvalue weighted by Gasteiger charge is 2.39. The van der Waals surface area contributed by atoms with E-state index in [0.29, 0.717) is 5.41 Å². The third-order valence-corrected chi connectivity index (χ3v) is 4.35. The van der Waals surface area contributed by atoms with Crippen LogP contribution in [0, 0.1) is 5.41 Å². The molecule has 15 heavy (non-hydrogen) atoms. The van der Waals surface area contributed by atoms with E-state index in [-0.39, 0.29) is 5.54 Å². The van der Waals surface area contributed by atoms with Crippen molar-refractivity contribution in [1.82, 2.24) is 0 Å². The number of thiophene rings is 1. The highest BCUT2D eigenvalue weighted by molar-refractivity contribution is 7.07. The van der Waals surface area contributed by atoms with Crippen molar-refractivity contribution in [3.05, 3.63) is 22.4 Å². The van der Waals surface area contributed by atoms with E-state index in [1.807, 2.05) is 0 Å². The second kappa shape index (κ2) is 3.91. The van der Waals surface area contributed by atoms with Gasteiger partial charge in [-0.05, 0) is 59.9 Å². The van der Waals surface area contributed by atoms with Crippen LogP contribution < -0.4 is 5.73 Å². The first-order chi connectivity index (χ1) is 6.99. The standard InChI is InChI=1S/C13H21NS/c1-12(2)6-7-13(14,10-12)5-3-11-4-8-15-9-11/h4,8-9H,3,5-7,10,14H2,1-2H3. The lowest BCUT2D eigenvalue weighted by Crippen LogP contribution is -2.38. The number of hydrogen-bond acceptors (Lipinski definition) is 2. The van der Waals surface area contributed by atoms with Crippen LogP contribution in [0.1, 0.15) is 45.1 Å². The van der Waals surface area contributed by atoms with Gasteiger partial charge in [-0.1, -0.05) is 13.8 Å². The van der Waals surface area contributed by atoms with Gasteiger partial charge in [0.1, 0.15) is 0 Å². The molecule has 0 radical (unpaired) electrons. The molecule has 1 aromatic rings. The number of nitrogens with two attached hydrogens (primary N) is 1. The molecule has 2 N–H and O–H groups in total. The van der Waals surface area contributed by atoms with Crippen LogP contribution in [-0.2, 0) is 6.42 Å². The maximum Gasteiger partial charge on any atom is 0.0162 e. The normalized spacial score (nSPS) is 29.5. The van der Waals surface area contributed by atoms with E-state index in [1.54, 1.807) is 11.3 Å². The first-order valence-electron chi connectivity index (χ1n) is 5.79. The molecule has 1 aromatic heterocycles. The first kappa shape index (κ1) is 11.2. The number of rotatable bonds is 3. The zero-order chi connectivity index (χ0) is 10.9. The van der Waals surface area contributed by atoms with Crippen LogP contribution in [-0.4, -0.2) is 5.54 Å². The molecule has 1 nitrogen and oxygen atoms in total. The third-order valence-electron chi connectivity index (χ3n) is 3.62. The maximum absolute atomic E-state index is 6.45. The monoisotopic (exact) mass is 223 g/mol. The lowest BCUT2D eigenvalue weighted by Gasteiger charge is -2.26. The summed E-state index contributed by atoms with van der Waals surface area (Å²) in [5.74, 6) is 0. The fraction of sp³-hybridized carbons (Fsp3) is 0.692. The molecule has 1 heterocycles. The summed E-state index contributed by atoms with van der Waals surface area (Å²) in [7, 11) is 0. The van der Waals surface area contributed by atoms with Gasteiger partial charge in [0.05, 0.1) is 0 Å². The van der Waals surface area contributed by atoms with Crippen LogP contribution in [0.3, 0.4) is 0 Å². The smallest absolute Gasteiger partial charge is 0.0162 e. The molecular formula is C13H21NS. The molecule has 0 amide bonds. The Balaban J connectivity index is 1.90. The quantitative estimate of drug-likeness (QED) is 0.832. The van der Waals surface area contributed by atoms with E-state index in [4.69, 9.17) is 5.73 Å². The molecule has 0 aliphatic heterocycles. The molecule has 1 aliphatic carbocycles. The molecule has 1 saturated carbocycles. The SMILES string of the molecule is CC1(C)CCC(N)(CCc2ccsc2)C1. The zero-order valence-corrected chi connectivity index (χ0v) is 10.6. The van der Waals surface area contributed by atoms with Gasteiger partial charge in [0, 0.05) is 5.54 Å². The van der Waals surface area contributed by atoms with Crippen LogP contribution in [0.5, 0.6) is 0 Å². The van der Waals surface area contributed by atoms with Crippen LogP contribution in [0.4, 0.5) is 0 Å². The highest BCUT2D eigenvalue weighted by atomic mass is 32.1. The first-order valence-corrected chi connectivity index (χ1v) is 6.73. The van der Waals surface area contributed by atoms with Crippen molar-refractivity contribution in [2.75, 3.05) is 0 Å². The Kier molecular flexibility index (Phi) is 2.91. The van der Waals surface area contributed by atoms with Crippen molar-refractivity contribution in [3.63, 3.8) is 0 Å². The molecule has 0 spiro atoms. The maximum atomic E-state index is 6.45. The van der Waals surface area contributed by atoms with Gasteiger partial charge < -0.3 is 5.73 Å². The number of aryl methyl sites for hydroxylation is 1. The Hall–Kier alpha value is -0.340. The van der Waals surface area contributed by atoms with E-state index < -0.39 is 0 Å². The molecule has 1 fully saturated rings. The van der Waals surface area contributed by atoms with E-state index in [2.05, 4.69) is 30.7 Å². The third kappa shape index (κ3) is 2.82. The Morgan fingerprint density at radius 1 is 1.40 bits per heavy atom. The summed E-state index contributed by atoms with van der Waals surface area (Å²) in [5, 5.41) is 4.39. The van der Waals surface area contributed by atoms with Crippen molar-refractivity contribution in [2.45, 2.75) is 51.5 Å². The minimum Gasteiger partial charge on any atom is -0.325 e. The van der Waals surface area contributed by atoms with Gasteiger partial charge >= 0.3 is 0 Å². The van der Waals surface area contributed by atoms with E-state index in [1.165, 1.54) is 24.8 Å². The average molecular weight is 223 g/mol.